The Labute approximate surface area is 215 Å². The van der Waals surface area contributed by atoms with Gasteiger partial charge in [0.2, 0.25) is 11.8 Å². The highest BCUT2D eigenvalue weighted by molar-refractivity contribution is 8.00. The molecule has 0 radical (unpaired) electrons. The monoisotopic (exact) mass is 514 g/mol. The first-order valence-corrected chi connectivity index (χ1v) is 12.9. The maximum Gasteiger partial charge on any atom is 0.243 e. The quantitative estimate of drug-likeness (QED) is 0.307. The lowest BCUT2D eigenvalue weighted by Gasteiger charge is -2.31. The summed E-state index contributed by atoms with van der Waals surface area (Å²) in [6.07, 6.45) is 1.23. The molecule has 4 nitrogen and oxygen atoms in total. The van der Waals surface area contributed by atoms with Crippen molar-refractivity contribution in [1.29, 1.82) is 0 Å². The summed E-state index contributed by atoms with van der Waals surface area (Å²) in [5.41, 5.74) is 1.80. The van der Waals surface area contributed by atoms with E-state index in [0.717, 1.165) is 22.4 Å². The van der Waals surface area contributed by atoms with Gasteiger partial charge in [-0.3, -0.25) is 9.59 Å². The van der Waals surface area contributed by atoms with E-state index in [4.69, 9.17) is 23.2 Å². The highest BCUT2D eigenvalue weighted by Gasteiger charge is 2.30. The first-order chi connectivity index (χ1) is 16.5. The number of benzene rings is 3. The minimum absolute atomic E-state index is 0.118. The smallest absolute Gasteiger partial charge is 0.243 e. The molecule has 0 aliphatic heterocycles. The van der Waals surface area contributed by atoms with E-state index in [1.807, 2.05) is 73.7 Å². The van der Waals surface area contributed by atoms with Crippen LogP contribution in [0.5, 0.6) is 0 Å². The van der Waals surface area contributed by atoms with Crippen LogP contribution in [0.4, 0.5) is 0 Å². The van der Waals surface area contributed by atoms with Gasteiger partial charge in [0.25, 0.3) is 0 Å². The number of nitrogens with one attached hydrogen (secondary N) is 1. The van der Waals surface area contributed by atoms with Crippen molar-refractivity contribution in [2.45, 2.75) is 37.2 Å². The lowest BCUT2D eigenvalue weighted by molar-refractivity contribution is -0.139. The number of hydrogen-bond acceptors (Lipinski definition) is 3. The molecule has 7 heteroatoms. The zero-order valence-corrected chi connectivity index (χ0v) is 21.4. The zero-order valence-electron chi connectivity index (χ0n) is 19.0. The van der Waals surface area contributed by atoms with Gasteiger partial charge in [-0.25, -0.2) is 0 Å². The van der Waals surface area contributed by atoms with Crippen molar-refractivity contribution in [3.8, 4) is 0 Å². The highest BCUT2D eigenvalue weighted by atomic mass is 35.5. The molecule has 1 unspecified atom stereocenters. The zero-order chi connectivity index (χ0) is 24.3. The molecule has 178 valence electrons. The number of carbonyl (C=O) groups is 2. The highest BCUT2D eigenvalue weighted by Crippen LogP contribution is 2.25. The van der Waals surface area contributed by atoms with E-state index in [-0.39, 0.29) is 24.1 Å². The van der Waals surface area contributed by atoms with Crippen LogP contribution in [0.3, 0.4) is 0 Å². The van der Waals surface area contributed by atoms with Crippen molar-refractivity contribution >= 4 is 46.8 Å². The molecule has 1 atom stereocenters. The second kappa shape index (κ2) is 13.4. The maximum atomic E-state index is 13.5. The molecule has 0 aliphatic rings. The largest absolute Gasteiger partial charge is 0.354 e. The summed E-state index contributed by atoms with van der Waals surface area (Å²) >= 11 is 13.8. The Morgan fingerprint density at radius 3 is 2.24 bits per heavy atom. The van der Waals surface area contributed by atoms with Gasteiger partial charge in [0, 0.05) is 24.4 Å². The maximum absolute atomic E-state index is 13.5. The van der Waals surface area contributed by atoms with E-state index in [2.05, 4.69) is 5.32 Å². The lowest BCUT2D eigenvalue weighted by atomic mass is 10.0. The molecule has 0 aliphatic carbocycles. The third-order valence-corrected chi connectivity index (χ3v) is 7.00. The Kier molecular flexibility index (Phi) is 10.3. The third kappa shape index (κ3) is 7.79. The van der Waals surface area contributed by atoms with Gasteiger partial charge in [-0.2, -0.15) is 0 Å². The van der Waals surface area contributed by atoms with E-state index in [1.54, 1.807) is 17.0 Å². The SMILES string of the molecule is CCCNC(=O)C(Cc1ccccc1)N(Cc1ccc(Cl)c(Cl)c1)C(=O)CSc1ccccc1. The lowest BCUT2D eigenvalue weighted by Crippen LogP contribution is -2.51. The Balaban J connectivity index is 1.90. The number of carbonyl (C=O) groups excluding carboxylic acids is 2. The van der Waals surface area contributed by atoms with Crippen molar-refractivity contribution in [3.05, 3.63) is 100 Å². The summed E-state index contributed by atoms with van der Waals surface area (Å²) in [6.45, 7) is 2.81. The molecule has 0 spiro atoms. The third-order valence-electron chi connectivity index (χ3n) is 5.26. The first kappa shape index (κ1) is 26.1. The van der Waals surface area contributed by atoms with Crippen LogP contribution in [0, 0.1) is 0 Å². The van der Waals surface area contributed by atoms with E-state index < -0.39 is 6.04 Å². The Bertz CT molecular complexity index is 1080. The van der Waals surface area contributed by atoms with Crippen molar-refractivity contribution < 1.29 is 9.59 Å². The summed E-state index contributed by atoms with van der Waals surface area (Å²) < 4.78 is 0. The van der Waals surface area contributed by atoms with Gasteiger partial charge >= 0.3 is 0 Å². The summed E-state index contributed by atoms with van der Waals surface area (Å²) in [7, 11) is 0. The van der Waals surface area contributed by atoms with E-state index in [0.29, 0.717) is 23.0 Å². The van der Waals surface area contributed by atoms with Crippen LogP contribution in [0.25, 0.3) is 0 Å². The van der Waals surface area contributed by atoms with Crippen LogP contribution in [0.1, 0.15) is 24.5 Å². The topological polar surface area (TPSA) is 49.4 Å². The molecule has 0 fully saturated rings. The predicted octanol–water partition coefficient (Wildman–Crippen LogP) is 6.25. The van der Waals surface area contributed by atoms with Gasteiger partial charge in [0.1, 0.15) is 6.04 Å². The van der Waals surface area contributed by atoms with Crippen LogP contribution in [-0.4, -0.2) is 35.1 Å². The minimum atomic E-state index is -0.660. The number of hydrogen-bond donors (Lipinski definition) is 1. The van der Waals surface area contributed by atoms with Gasteiger partial charge < -0.3 is 10.2 Å². The fourth-order valence-electron chi connectivity index (χ4n) is 3.50. The first-order valence-electron chi connectivity index (χ1n) is 11.2. The summed E-state index contributed by atoms with van der Waals surface area (Å²) in [6, 6.07) is 24.2. The summed E-state index contributed by atoms with van der Waals surface area (Å²) in [4.78, 5) is 29.5. The van der Waals surface area contributed by atoms with Gasteiger partial charge in [0.05, 0.1) is 15.8 Å². The number of nitrogens with zero attached hydrogens (tertiary/aromatic N) is 1. The fraction of sp³-hybridized carbons (Fsp3) is 0.259. The molecule has 0 aromatic heterocycles. The van der Waals surface area contributed by atoms with E-state index >= 15 is 0 Å². The standard InChI is InChI=1S/C27H28Cl2N2O2S/c1-2-15-30-27(33)25(17-20-9-5-3-6-10-20)31(18-21-13-14-23(28)24(29)16-21)26(32)19-34-22-11-7-4-8-12-22/h3-14,16,25H,2,15,17-19H2,1H3,(H,30,33). The average molecular weight is 516 g/mol. The Morgan fingerprint density at radius 2 is 1.59 bits per heavy atom. The van der Waals surface area contributed by atoms with Crippen LogP contribution in [-0.2, 0) is 22.6 Å². The fourth-order valence-corrected chi connectivity index (χ4v) is 4.63. The van der Waals surface area contributed by atoms with Crippen molar-refractivity contribution in [2.24, 2.45) is 0 Å². The summed E-state index contributed by atoms with van der Waals surface area (Å²) in [5.74, 6) is -0.0613. The van der Waals surface area contributed by atoms with Gasteiger partial charge in [0.15, 0.2) is 0 Å². The molecule has 0 saturated carbocycles. The number of thioether (sulfide) groups is 1. The summed E-state index contributed by atoms with van der Waals surface area (Å²) in [5, 5.41) is 3.85. The Morgan fingerprint density at radius 1 is 0.912 bits per heavy atom. The molecule has 0 saturated heterocycles. The number of halogens is 2. The van der Waals surface area contributed by atoms with Crippen LogP contribution >= 0.6 is 35.0 Å². The van der Waals surface area contributed by atoms with E-state index in [1.165, 1.54) is 11.8 Å². The normalized spacial score (nSPS) is 11.6. The van der Waals surface area contributed by atoms with Gasteiger partial charge in [-0.1, -0.05) is 84.7 Å². The predicted molar refractivity (Wildman–Crippen MR) is 141 cm³/mol. The molecular weight excluding hydrogens is 487 g/mol. The molecule has 3 aromatic rings. The molecule has 1 N–H and O–H groups in total. The molecule has 3 aromatic carbocycles. The number of rotatable bonds is 11. The van der Waals surface area contributed by atoms with Crippen LogP contribution in [0.15, 0.2) is 83.8 Å². The van der Waals surface area contributed by atoms with Crippen LogP contribution in [0.2, 0.25) is 10.0 Å². The molecule has 3 rings (SSSR count). The van der Waals surface area contributed by atoms with Crippen LogP contribution < -0.4 is 5.32 Å². The van der Waals surface area contributed by atoms with Gasteiger partial charge in [-0.15, -0.1) is 11.8 Å². The molecular formula is C27H28Cl2N2O2S. The van der Waals surface area contributed by atoms with Crippen molar-refractivity contribution in [2.75, 3.05) is 12.3 Å². The van der Waals surface area contributed by atoms with Gasteiger partial charge in [-0.05, 0) is 41.8 Å². The second-order valence-corrected chi connectivity index (χ2v) is 9.73. The van der Waals surface area contributed by atoms with Crippen molar-refractivity contribution in [1.82, 2.24) is 10.2 Å². The van der Waals surface area contributed by atoms with E-state index in [9.17, 15) is 9.59 Å². The molecule has 34 heavy (non-hydrogen) atoms. The average Bonchev–Trinajstić information content (AvgIpc) is 2.86. The second-order valence-electron chi connectivity index (χ2n) is 7.87. The van der Waals surface area contributed by atoms with Crippen molar-refractivity contribution in [3.63, 3.8) is 0 Å². The number of amides is 2. The Hall–Kier alpha value is -2.47. The molecule has 2 amide bonds. The molecule has 0 heterocycles. The minimum Gasteiger partial charge on any atom is -0.354 e. The molecule has 0 bridgehead atoms.